The standard InChI is InChI=1S/C15H21BrN2O4/c1-4-7-22-14-12(16)8-11(9-13(14)21-3)15(20)18-6-5-17-10(2)19/h8-9H,4-7H2,1-3H3,(H,17,19)(H,18,20). The molecule has 2 N–H and O–H groups in total. The van der Waals surface area contributed by atoms with Crippen molar-refractivity contribution in [3.05, 3.63) is 22.2 Å². The first-order valence-electron chi connectivity index (χ1n) is 7.02. The molecule has 0 unspecified atom stereocenters. The number of carbonyl (C=O) groups is 2. The Morgan fingerprint density at radius 2 is 1.91 bits per heavy atom. The van der Waals surface area contributed by atoms with Gasteiger partial charge in [-0.1, -0.05) is 6.92 Å². The molecular formula is C15H21BrN2O4. The molecule has 1 aromatic rings. The van der Waals surface area contributed by atoms with Crippen molar-refractivity contribution in [2.45, 2.75) is 20.3 Å². The minimum absolute atomic E-state index is 0.129. The lowest BCUT2D eigenvalue weighted by molar-refractivity contribution is -0.118. The van der Waals surface area contributed by atoms with Gasteiger partial charge in [0.25, 0.3) is 5.91 Å². The molecule has 6 nitrogen and oxygen atoms in total. The fourth-order valence-electron chi connectivity index (χ4n) is 1.71. The molecular weight excluding hydrogens is 352 g/mol. The maximum Gasteiger partial charge on any atom is 0.251 e. The Morgan fingerprint density at radius 3 is 2.50 bits per heavy atom. The number of ether oxygens (including phenoxy) is 2. The predicted molar refractivity (Wildman–Crippen MR) is 87.5 cm³/mol. The molecule has 0 aliphatic heterocycles. The number of hydrogen-bond donors (Lipinski definition) is 2. The zero-order chi connectivity index (χ0) is 16.5. The maximum atomic E-state index is 12.1. The van der Waals surface area contributed by atoms with E-state index < -0.39 is 0 Å². The van der Waals surface area contributed by atoms with E-state index in [-0.39, 0.29) is 11.8 Å². The molecule has 0 saturated heterocycles. The smallest absolute Gasteiger partial charge is 0.251 e. The number of hydrogen-bond acceptors (Lipinski definition) is 4. The van der Waals surface area contributed by atoms with Crippen LogP contribution in [0.1, 0.15) is 30.6 Å². The third-order valence-corrected chi connectivity index (χ3v) is 3.32. The Hall–Kier alpha value is -1.76. The molecule has 122 valence electrons. The van der Waals surface area contributed by atoms with Crippen LogP contribution >= 0.6 is 15.9 Å². The molecule has 0 atom stereocenters. The van der Waals surface area contributed by atoms with E-state index in [1.807, 2.05) is 6.92 Å². The van der Waals surface area contributed by atoms with Gasteiger partial charge in [0.15, 0.2) is 11.5 Å². The van der Waals surface area contributed by atoms with Crippen LogP contribution in [0.4, 0.5) is 0 Å². The van der Waals surface area contributed by atoms with Crippen LogP contribution in [0.2, 0.25) is 0 Å². The summed E-state index contributed by atoms with van der Waals surface area (Å²) in [4.78, 5) is 22.8. The summed E-state index contributed by atoms with van der Waals surface area (Å²) in [7, 11) is 1.53. The lowest BCUT2D eigenvalue weighted by Crippen LogP contribution is -2.33. The molecule has 2 amide bonds. The van der Waals surface area contributed by atoms with Gasteiger partial charge in [0.2, 0.25) is 5.91 Å². The van der Waals surface area contributed by atoms with Crippen molar-refractivity contribution >= 4 is 27.7 Å². The van der Waals surface area contributed by atoms with E-state index in [0.29, 0.717) is 41.2 Å². The molecule has 0 aromatic heterocycles. The molecule has 7 heteroatoms. The summed E-state index contributed by atoms with van der Waals surface area (Å²) in [6.45, 7) is 4.75. The average molecular weight is 373 g/mol. The van der Waals surface area contributed by atoms with Gasteiger partial charge >= 0.3 is 0 Å². The second kappa shape index (κ2) is 9.30. The minimum atomic E-state index is -0.244. The number of benzene rings is 1. The van der Waals surface area contributed by atoms with Crippen LogP contribution in [-0.2, 0) is 4.79 Å². The third-order valence-electron chi connectivity index (χ3n) is 2.73. The number of halogens is 1. The van der Waals surface area contributed by atoms with Gasteiger partial charge < -0.3 is 20.1 Å². The molecule has 0 aliphatic rings. The molecule has 0 aliphatic carbocycles. The van der Waals surface area contributed by atoms with Crippen LogP contribution in [-0.4, -0.2) is 38.6 Å². The normalized spacial score (nSPS) is 10.0. The maximum absolute atomic E-state index is 12.1. The molecule has 1 rings (SSSR count). The number of amides is 2. The van der Waals surface area contributed by atoms with Gasteiger partial charge in [-0.2, -0.15) is 0 Å². The van der Waals surface area contributed by atoms with Crippen LogP contribution < -0.4 is 20.1 Å². The highest BCUT2D eigenvalue weighted by molar-refractivity contribution is 9.10. The molecule has 0 fully saturated rings. The molecule has 0 heterocycles. The SMILES string of the molecule is CCCOc1c(Br)cc(C(=O)NCCNC(C)=O)cc1OC. The number of rotatable bonds is 8. The Bertz CT molecular complexity index is 535. The topological polar surface area (TPSA) is 76.7 Å². The first kappa shape index (κ1) is 18.3. The van der Waals surface area contributed by atoms with Gasteiger partial charge in [-0.15, -0.1) is 0 Å². The number of carbonyl (C=O) groups excluding carboxylic acids is 2. The zero-order valence-electron chi connectivity index (χ0n) is 13.0. The summed E-state index contributed by atoms with van der Waals surface area (Å²) < 4.78 is 11.6. The third kappa shape index (κ3) is 5.55. The van der Waals surface area contributed by atoms with E-state index in [1.54, 1.807) is 12.1 Å². The van der Waals surface area contributed by atoms with Crippen LogP contribution in [0, 0.1) is 0 Å². The monoisotopic (exact) mass is 372 g/mol. The summed E-state index contributed by atoms with van der Waals surface area (Å²) >= 11 is 3.40. The van der Waals surface area contributed by atoms with E-state index in [9.17, 15) is 9.59 Å². The lowest BCUT2D eigenvalue weighted by atomic mass is 10.2. The Balaban J connectivity index is 2.76. The molecule has 1 aromatic carbocycles. The molecule has 22 heavy (non-hydrogen) atoms. The Labute approximate surface area is 138 Å². The summed E-state index contributed by atoms with van der Waals surface area (Å²) in [5.74, 6) is 0.705. The summed E-state index contributed by atoms with van der Waals surface area (Å²) in [5, 5.41) is 5.34. The highest BCUT2D eigenvalue weighted by Crippen LogP contribution is 2.36. The van der Waals surface area contributed by atoms with E-state index in [1.165, 1.54) is 14.0 Å². The molecule has 0 bridgehead atoms. The van der Waals surface area contributed by atoms with Crippen LogP contribution in [0.15, 0.2) is 16.6 Å². The van der Waals surface area contributed by atoms with Crippen LogP contribution in [0.5, 0.6) is 11.5 Å². The van der Waals surface area contributed by atoms with Crippen molar-refractivity contribution in [3.63, 3.8) is 0 Å². The minimum Gasteiger partial charge on any atom is -0.493 e. The van der Waals surface area contributed by atoms with Gasteiger partial charge in [0.05, 0.1) is 18.2 Å². The van der Waals surface area contributed by atoms with E-state index in [2.05, 4.69) is 26.6 Å². The van der Waals surface area contributed by atoms with Crippen molar-refractivity contribution < 1.29 is 19.1 Å². The van der Waals surface area contributed by atoms with Gasteiger partial charge in [-0.3, -0.25) is 9.59 Å². The highest BCUT2D eigenvalue weighted by Gasteiger charge is 2.15. The predicted octanol–water partition coefficient (Wildman–Crippen LogP) is 2.11. The molecule has 0 radical (unpaired) electrons. The number of nitrogens with one attached hydrogen (secondary N) is 2. The van der Waals surface area contributed by atoms with Gasteiger partial charge in [-0.25, -0.2) is 0 Å². The second-order valence-electron chi connectivity index (χ2n) is 4.58. The van der Waals surface area contributed by atoms with Gasteiger partial charge in [-0.05, 0) is 34.5 Å². The zero-order valence-corrected chi connectivity index (χ0v) is 14.6. The van der Waals surface area contributed by atoms with E-state index in [4.69, 9.17) is 9.47 Å². The summed E-state index contributed by atoms with van der Waals surface area (Å²) in [6.07, 6.45) is 0.876. The van der Waals surface area contributed by atoms with Gasteiger partial charge in [0, 0.05) is 25.6 Å². The van der Waals surface area contributed by atoms with Gasteiger partial charge in [0.1, 0.15) is 0 Å². The molecule has 0 saturated carbocycles. The summed E-state index contributed by atoms with van der Waals surface area (Å²) in [5.41, 5.74) is 0.454. The second-order valence-corrected chi connectivity index (χ2v) is 5.43. The fraction of sp³-hybridized carbons (Fsp3) is 0.467. The van der Waals surface area contributed by atoms with Crippen molar-refractivity contribution in [1.82, 2.24) is 10.6 Å². The van der Waals surface area contributed by atoms with Crippen LogP contribution in [0.3, 0.4) is 0 Å². The largest absolute Gasteiger partial charge is 0.493 e. The van der Waals surface area contributed by atoms with Crippen molar-refractivity contribution in [1.29, 1.82) is 0 Å². The molecule has 0 spiro atoms. The lowest BCUT2D eigenvalue weighted by Gasteiger charge is -2.14. The van der Waals surface area contributed by atoms with Crippen molar-refractivity contribution in [2.24, 2.45) is 0 Å². The first-order chi connectivity index (χ1) is 10.5. The average Bonchev–Trinajstić information content (AvgIpc) is 2.49. The highest BCUT2D eigenvalue weighted by atomic mass is 79.9. The Morgan fingerprint density at radius 1 is 1.23 bits per heavy atom. The van der Waals surface area contributed by atoms with Crippen molar-refractivity contribution in [2.75, 3.05) is 26.8 Å². The van der Waals surface area contributed by atoms with Crippen molar-refractivity contribution in [3.8, 4) is 11.5 Å². The summed E-state index contributed by atoms with van der Waals surface area (Å²) in [6, 6.07) is 3.31. The first-order valence-corrected chi connectivity index (χ1v) is 7.81. The van der Waals surface area contributed by atoms with E-state index >= 15 is 0 Å². The fourth-order valence-corrected chi connectivity index (χ4v) is 2.27. The van der Waals surface area contributed by atoms with Crippen LogP contribution in [0.25, 0.3) is 0 Å². The Kier molecular flexibility index (Phi) is 7.73. The van der Waals surface area contributed by atoms with E-state index in [0.717, 1.165) is 6.42 Å². The number of methoxy groups -OCH3 is 1. The quantitative estimate of drug-likeness (QED) is 0.685.